The molecule has 0 aromatic heterocycles. The summed E-state index contributed by atoms with van der Waals surface area (Å²) >= 11 is 0. The SMILES string of the molecule is NC(=O)O.[O-][O+]=C1C2CC3CC(C2)CC1C3. The van der Waals surface area contributed by atoms with Crippen molar-refractivity contribution in [2.45, 2.75) is 32.1 Å². The first kappa shape index (κ1) is 11.2. The molecule has 0 aromatic carbocycles. The first-order valence-electron chi connectivity index (χ1n) is 5.75. The number of carbonyl (C=O) groups excluding carboxylic acids is 1. The molecule has 0 spiro atoms. The molecule has 0 unspecified atom stereocenters. The molecule has 3 N–H and O–H groups in total. The fraction of sp³-hybridized carbons (Fsp3) is 0.818. The molecule has 0 heterocycles. The summed E-state index contributed by atoms with van der Waals surface area (Å²) in [4.78, 5) is 8.78. The highest BCUT2D eigenvalue weighted by molar-refractivity contribution is 5.85. The second-order valence-electron chi connectivity index (χ2n) is 5.13. The third-order valence-corrected chi connectivity index (χ3v) is 4.04. The minimum absolute atomic E-state index is 0.541. The Balaban J connectivity index is 0.000000212. The van der Waals surface area contributed by atoms with E-state index < -0.39 is 6.09 Å². The van der Waals surface area contributed by atoms with Crippen LogP contribution in [0.25, 0.3) is 0 Å². The quantitative estimate of drug-likeness (QED) is 0.357. The maximum atomic E-state index is 10.5. The second kappa shape index (κ2) is 4.31. The zero-order valence-electron chi connectivity index (χ0n) is 9.09. The molecule has 4 rings (SSSR count). The van der Waals surface area contributed by atoms with Crippen molar-refractivity contribution in [3.63, 3.8) is 0 Å². The van der Waals surface area contributed by atoms with Gasteiger partial charge in [0, 0.05) is 0 Å². The summed E-state index contributed by atoms with van der Waals surface area (Å²) in [6, 6.07) is 0. The summed E-state index contributed by atoms with van der Waals surface area (Å²) < 4.78 is 4.29. The van der Waals surface area contributed by atoms with E-state index in [1.807, 2.05) is 0 Å². The Labute approximate surface area is 93.9 Å². The molecule has 0 saturated heterocycles. The molecule has 90 valence electrons. The summed E-state index contributed by atoms with van der Waals surface area (Å²) in [5.74, 6) is 3.83. The van der Waals surface area contributed by atoms with Gasteiger partial charge in [-0.1, -0.05) is 0 Å². The van der Waals surface area contributed by atoms with E-state index in [1.165, 1.54) is 32.1 Å². The van der Waals surface area contributed by atoms with Gasteiger partial charge in [-0.15, -0.1) is 0 Å². The lowest BCUT2D eigenvalue weighted by molar-refractivity contribution is -1.05. The maximum absolute atomic E-state index is 10.5. The fourth-order valence-corrected chi connectivity index (χ4v) is 3.78. The minimum Gasteiger partial charge on any atom is -0.465 e. The average Bonchev–Trinajstić information content (AvgIpc) is 2.15. The van der Waals surface area contributed by atoms with Crippen LogP contribution in [0.5, 0.6) is 0 Å². The topological polar surface area (TPSA) is 97.7 Å². The van der Waals surface area contributed by atoms with Crippen LogP contribution in [-0.4, -0.2) is 17.0 Å². The van der Waals surface area contributed by atoms with Gasteiger partial charge in [0.2, 0.25) is 0 Å². The Hall–Kier alpha value is -1.26. The lowest BCUT2D eigenvalue weighted by Crippen LogP contribution is -2.47. The molecular formula is C11H17NO4. The second-order valence-corrected chi connectivity index (χ2v) is 5.13. The van der Waals surface area contributed by atoms with Crippen LogP contribution in [0.3, 0.4) is 0 Å². The lowest BCUT2D eigenvalue weighted by Gasteiger charge is -2.45. The van der Waals surface area contributed by atoms with Crippen LogP contribution in [-0.2, 0) is 4.58 Å². The van der Waals surface area contributed by atoms with Crippen molar-refractivity contribution in [3.05, 3.63) is 0 Å². The van der Waals surface area contributed by atoms with E-state index in [9.17, 15) is 5.26 Å². The van der Waals surface area contributed by atoms with Crippen LogP contribution in [0.15, 0.2) is 0 Å². The van der Waals surface area contributed by atoms with Gasteiger partial charge in [-0.2, -0.15) is 4.58 Å². The van der Waals surface area contributed by atoms with Crippen LogP contribution in [0, 0.1) is 23.7 Å². The van der Waals surface area contributed by atoms with Gasteiger partial charge in [0.15, 0.2) is 0 Å². The molecular weight excluding hydrogens is 210 g/mol. The highest BCUT2D eigenvalue weighted by Crippen LogP contribution is 2.51. The molecule has 5 heteroatoms. The first-order chi connectivity index (χ1) is 7.60. The molecule has 4 aliphatic carbocycles. The van der Waals surface area contributed by atoms with Crippen molar-refractivity contribution in [1.82, 2.24) is 0 Å². The number of carboxylic acid groups (broad SMARTS) is 1. The lowest BCUT2D eigenvalue weighted by atomic mass is 9.56. The molecule has 0 aliphatic heterocycles. The molecule has 0 aromatic rings. The number of nitrogens with two attached hydrogens (primary N) is 1. The third kappa shape index (κ3) is 2.13. The zero-order valence-corrected chi connectivity index (χ0v) is 9.09. The van der Waals surface area contributed by atoms with E-state index in [4.69, 9.17) is 9.90 Å². The molecule has 1 amide bonds. The van der Waals surface area contributed by atoms with Crippen molar-refractivity contribution < 1.29 is 19.7 Å². The van der Waals surface area contributed by atoms with Crippen LogP contribution >= 0.6 is 0 Å². The van der Waals surface area contributed by atoms with Gasteiger partial charge in [-0.25, -0.2) is 4.79 Å². The zero-order chi connectivity index (χ0) is 11.7. The monoisotopic (exact) mass is 227 g/mol. The molecule has 0 radical (unpaired) electrons. The Morgan fingerprint density at radius 3 is 1.88 bits per heavy atom. The third-order valence-electron chi connectivity index (χ3n) is 4.04. The molecule has 16 heavy (non-hydrogen) atoms. The van der Waals surface area contributed by atoms with Crippen molar-refractivity contribution in [2.24, 2.45) is 29.4 Å². The van der Waals surface area contributed by atoms with Gasteiger partial charge in [-0.3, -0.25) is 0 Å². The Kier molecular flexibility index (Phi) is 3.03. The normalized spacial score (nSPS) is 38.9. The van der Waals surface area contributed by atoms with E-state index in [0.717, 1.165) is 17.6 Å². The van der Waals surface area contributed by atoms with Gasteiger partial charge in [0.25, 0.3) is 0 Å². The van der Waals surface area contributed by atoms with Gasteiger partial charge in [0.05, 0.1) is 11.8 Å². The number of carbonyl (C=O) groups is 1. The standard InChI is InChI=1S/C10H14O2.CH3NO2/c11-12-10-8-2-6-1-7(4-8)5-9(10)3-6;2-1(3)4/h6-9H,1-5H2;2H2,(H,3,4). The number of amides is 1. The Morgan fingerprint density at radius 2 is 1.56 bits per heavy atom. The first-order valence-corrected chi connectivity index (χ1v) is 5.75. The Morgan fingerprint density at radius 1 is 1.19 bits per heavy atom. The van der Waals surface area contributed by atoms with Crippen molar-refractivity contribution >= 4 is 11.9 Å². The molecule has 0 atom stereocenters. The van der Waals surface area contributed by atoms with Crippen LogP contribution in [0.1, 0.15) is 32.1 Å². The van der Waals surface area contributed by atoms with E-state index in [0.29, 0.717) is 11.8 Å². The van der Waals surface area contributed by atoms with Gasteiger partial charge >= 0.3 is 11.9 Å². The van der Waals surface area contributed by atoms with E-state index >= 15 is 0 Å². The number of rotatable bonds is 0. The minimum atomic E-state index is -1.33. The van der Waals surface area contributed by atoms with Crippen molar-refractivity contribution in [1.29, 1.82) is 0 Å². The van der Waals surface area contributed by atoms with E-state index in [-0.39, 0.29) is 0 Å². The van der Waals surface area contributed by atoms with Gasteiger partial charge in [0.1, 0.15) is 0 Å². The van der Waals surface area contributed by atoms with Crippen LogP contribution in [0.4, 0.5) is 4.79 Å². The molecule has 4 bridgehead atoms. The molecule has 4 saturated carbocycles. The number of primary amides is 1. The highest BCUT2D eigenvalue weighted by atomic mass is 17.1. The van der Waals surface area contributed by atoms with Gasteiger partial charge in [-0.05, 0) is 43.9 Å². The largest absolute Gasteiger partial charge is 0.465 e. The van der Waals surface area contributed by atoms with E-state index in [1.54, 1.807) is 0 Å². The molecule has 5 nitrogen and oxygen atoms in total. The van der Waals surface area contributed by atoms with Crippen LogP contribution in [0.2, 0.25) is 0 Å². The smallest absolute Gasteiger partial charge is 0.402 e. The highest BCUT2D eigenvalue weighted by Gasteiger charge is 2.52. The van der Waals surface area contributed by atoms with E-state index in [2.05, 4.69) is 10.3 Å². The molecule has 4 fully saturated rings. The number of hydrogen-bond acceptors (Lipinski definition) is 2. The van der Waals surface area contributed by atoms with Crippen molar-refractivity contribution in [2.75, 3.05) is 0 Å². The number of ketones is 1. The predicted molar refractivity (Wildman–Crippen MR) is 54.3 cm³/mol. The summed E-state index contributed by atoms with van der Waals surface area (Å²) in [6.45, 7) is 0. The summed E-state index contributed by atoms with van der Waals surface area (Å²) in [7, 11) is 0. The fourth-order valence-electron chi connectivity index (χ4n) is 3.78. The molecule has 4 aliphatic rings. The maximum Gasteiger partial charge on any atom is 0.402 e. The summed E-state index contributed by atoms with van der Waals surface area (Å²) in [6.07, 6.45) is 5.06. The van der Waals surface area contributed by atoms with Gasteiger partial charge < -0.3 is 16.1 Å². The number of hydrogen-bond donors (Lipinski definition) is 2. The summed E-state index contributed by atoms with van der Waals surface area (Å²) in [5.41, 5.74) is 4.03. The van der Waals surface area contributed by atoms with Crippen molar-refractivity contribution in [3.8, 4) is 0 Å². The van der Waals surface area contributed by atoms with Crippen LogP contribution < -0.4 is 11.0 Å². The Bertz CT molecular complexity index is 279. The summed E-state index contributed by atoms with van der Waals surface area (Å²) in [5, 5.41) is 17.7. The predicted octanol–water partition coefficient (Wildman–Crippen LogP) is 0.446. The average molecular weight is 227 g/mol.